The van der Waals surface area contributed by atoms with Crippen molar-refractivity contribution in [2.24, 2.45) is 4.99 Å². The number of aryl methyl sites for hydroxylation is 1. The first-order valence-corrected chi connectivity index (χ1v) is 11.8. The summed E-state index contributed by atoms with van der Waals surface area (Å²) in [7, 11) is 3.37. The van der Waals surface area contributed by atoms with Crippen LogP contribution in [0.1, 0.15) is 57.3 Å². The fraction of sp³-hybridized carbons (Fsp3) is 0.625. The summed E-state index contributed by atoms with van der Waals surface area (Å²) < 4.78 is 13.1. The molecule has 0 bridgehead atoms. The lowest BCUT2D eigenvalue weighted by molar-refractivity contribution is 0.298. The van der Waals surface area contributed by atoms with Crippen LogP contribution < -0.4 is 20.1 Å². The molecule has 9 heteroatoms. The molecule has 1 aliphatic rings. The van der Waals surface area contributed by atoms with Crippen LogP contribution in [0.25, 0.3) is 0 Å². The number of aromatic nitrogens is 3. The zero-order valence-corrected chi connectivity index (χ0v) is 22.7. The summed E-state index contributed by atoms with van der Waals surface area (Å²) in [5, 5.41) is 15.0. The van der Waals surface area contributed by atoms with Gasteiger partial charge < -0.3 is 24.7 Å². The van der Waals surface area contributed by atoms with Gasteiger partial charge in [0.05, 0.1) is 20.8 Å². The minimum absolute atomic E-state index is 0. The van der Waals surface area contributed by atoms with Crippen LogP contribution in [0.4, 0.5) is 0 Å². The Kier molecular flexibility index (Phi) is 11.2. The standard InChI is InChI=1S/C24H38N6O2.HI/c1-5-22-29-28-18-30(22)15-14-26-23(25-6-2)27-17-24(12-8-7-9-13-24)19-10-11-20(31-3)21(16-19)32-4;/h10-11,16,18H,5-9,12-15,17H2,1-4H3,(H2,25,26,27);1H. The Morgan fingerprint density at radius 2 is 1.85 bits per heavy atom. The van der Waals surface area contributed by atoms with E-state index >= 15 is 0 Å². The largest absolute Gasteiger partial charge is 0.493 e. The minimum Gasteiger partial charge on any atom is -0.493 e. The highest BCUT2D eigenvalue weighted by atomic mass is 127. The zero-order valence-electron chi connectivity index (χ0n) is 20.4. The van der Waals surface area contributed by atoms with Gasteiger partial charge in [-0.1, -0.05) is 32.3 Å². The van der Waals surface area contributed by atoms with Gasteiger partial charge in [-0.2, -0.15) is 0 Å². The van der Waals surface area contributed by atoms with Crippen molar-refractivity contribution < 1.29 is 9.47 Å². The predicted molar refractivity (Wildman–Crippen MR) is 143 cm³/mol. The fourth-order valence-electron chi connectivity index (χ4n) is 4.54. The number of halogens is 1. The molecule has 8 nitrogen and oxygen atoms in total. The lowest BCUT2D eigenvalue weighted by Gasteiger charge is -2.37. The molecule has 1 aromatic carbocycles. The summed E-state index contributed by atoms with van der Waals surface area (Å²) >= 11 is 0. The van der Waals surface area contributed by atoms with E-state index in [0.717, 1.165) is 68.7 Å². The number of guanidine groups is 1. The third kappa shape index (κ3) is 6.97. The Bertz CT molecular complexity index is 880. The Balaban J connectivity index is 0.00000385. The third-order valence-corrected chi connectivity index (χ3v) is 6.35. The van der Waals surface area contributed by atoms with Crippen LogP contribution >= 0.6 is 24.0 Å². The van der Waals surface area contributed by atoms with Crippen LogP contribution in [0.3, 0.4) is 0 Å². The summed E-state index contributed by atoms with van der Waals surface area (Å²) in [4.78, 5) is 5.03. The molecule has 2 N–H and O–H groups in total. The van der Waals surface area contributed by atoms with E-state index in [0.29, 0.717) is 0 Å². The van der Waals surface area contributed by atoms with Crippen molar-refractivity contribution in [2.45, 2.75) is 64.3 Å². The summed E-state index contributed by atoms with van der Waals surface area (Å²) in [6.45, 7) is 7.32. The second-order valence-electron chi connectivity index (χ2n) is 8.33. The molecule has 1 heterocycles. The second-order valence-corrected chi connectivity index (χ2v) is 8.33. The SMILES string of the molecule is CCNC(=NCC1(c2ccc(OC)c(OC)c2)CCCCC1)NCCn1cnnc1CC.I. The highest BCUT2D eigenvalue weighted by Crippen LogP contribution is 2.42. The molecule has 1 aromatic heterocycles. The maximum absolute atomic E-state index is 5.59. The normalized spacial score (nSPS) is 15.5. The predicted octanol–water partition coefficient (Wildman–Crippen LogP) is 3.93. The summed E-state index contributed by atoms with van der Waals surface area (Å²) in [6.07, 6.45) is 8.66. The molecular formula is C24H39IN6O2. The number of benzene rings is 1. The first-order chi connectivity index (χ1) is 15.7. The first-order valence-electron chi connectivity index (χ1n) is 11.8. The van der Waals surface area contributed by atoms with Gasteiger partial charge >= 0.3 is 0 Å². The van der Waals surface area contributed by atoms with Gasteiger partial charge in [0, 0.05) is 31.5 Å². The van der Waals surface area contributed by atoms with Gasteiger partial charge in [0.1, 0.15) is 12.2 Å². The average molecular weight is 571 g/mol. The van der Waals surface area contributed by atoms with Crippen LogP contribution in [0.2, 0.25) is 0 Å². The molecular weight excluding hydrogens is 531 g/mol. The van der Waals surface area contributed by atoms with Gasteiger partial charge in [0.15, 0.2) is 17.5 Å². The van der Waals surface area contributed by atoms with Crippen LogP contribution in [0, 0.1) is 0 Å². The van der Waals surface area contributed by atoms with Crippen molar-refractivity contribution in [1.82, 2.24) is 25.4 Å². The number of rotatable bonds is 10. The number of hydrogen-bond acceptors (Lipinski definition) is 5. The second kappa shape index (κ2) is 13.6. The quantitative estimate of drug-likeness (QED) is 0.256. The molecule has 33 heavy (non-hydrogen) atoms. The highest BCUT2D eigenvalue weighted by molar-refractivity contribution is 14.0. The fourth-order valence-corrected chi connectivity index (χ4v) is 4.54. The molecule has 0 radical (unpaired) electrons. The summed E-state index contributed by atoms with van der Waals surface area (Å²) in [5.74, 6) is 3.40. The van der Waals surface area contributed by atoms with E-state index in [1.165, 1.54) is 24.8 Å². The number of hydrogen-bond donors (Lipinski definition) is 2. The molecule has 0 atom stereocenters. The van der Waals surface area contributed by atoms with Crippen LogP contribution in [0.15, 0.2) is 29.5 Å². The van der Waals surface area contributed by atoms with E-state index < -0.39 is 0 Å². The van der Waals surface area contributed by atoms with Gasteiger partial charge in [-0.25, -0.2) is 0 Å². The minimum atomic E-state index is 0. The van der Waals surface area contributed by atoms with Gasteiger partial charge in [-0.3, -0.25) is 4.99 Å². The van der Waals surface area contributed by atoms with Gasteiger partial charge in [0.2, 0.25) is 0 Å². The average Bonchev–Trinajstić information content (AvgIpc) is 3.30. The summed E-state index contributed by atoms with van der Waals surface area (Å²) in [5.41, 5.74) is 1.30. The molecule has 1 saturated carbocycles. The van der Waals surface area contributed by atoms with Crippen LogP contribution in [-0.2, 0) is 18.4 Å². The van der Waals surface area contributed by atoms with Crippen molar-refractivity contribution in [3.63, 3.8) is 0 Å². The van der Waals surface area contributed by atoms with Crippen molar-refractivity contribution in [1.29, 1.82) is 0 Å². The number of aliphatic imine (C=N–C) groups is 1. The monoisotopic (exact) mass is 570 g/mol. The molecule has 0 saturated heterocycles. The number of nitrogens with one attached hydrogen (secondary N) is 2. The van der Waals surface area contributed by atoms with Crippen molar-refractivity contribution in [2.75, 3.05) is 33.9 Å². The van der Waals surface area contributed by atoms with Gasteiger partial charge in [-0.15, -0.1) is 34.2 Å². The molecule has 3 rings (SSSR count). The lowest BCUT2D eigenvalue weighted by atomic mass is 9.69. The van der Waals surface area contributed by atoms with Gasteiger partial charge in [-0.05, 0) is 37.5 Å². The molecule has 1 aliphatic carbocycles. The molecule has 0 unspecified atom stereocenters. The van der Waals surface area contributed by atoms with E-state index in [1.54, 1.807) is 20.5 Å². The van der Waals surface area contributed by atoms with E-state index in [-0.39, 0.29) is 29.4 Å². The van der Waals surface area contributed by atoms with E-state index in [1.807, 2.05) is 6.07 Å². The van der Waals surface area contributed by atoms with E-state index in [9.17, 15) is 0 Å². The Hall–Kier alpha value is -2.04. The maximum atomic E-state index is 5.59. The Morgan fingerprint density at radius 3 is 2.52 bits per heavy atom. The molecule has 1 fully saturated rings. The van der Waals surface area contributed by atoms with Crippen LogP contribution in [-0.4, -0.2) is 54.6 Å². The van der Waals surface area contributed by atoms with Crippen molar-refractivity contribution >= 4 is 29.9 Å². The van der Waals surface area contributed by atoms with E-state index in [4.69, 9.17) is 14.5 Å². The lowest BCUT2D eigenvalue weighted by Crippen LogP contribution is -2.41. The number of nitrogens with zero attached hydrogens (tertiary/aromatic N) is 4. The molecule has 0 aliphatic heterocycles. The topological polar surface area (TPSA) is 85.6 Å². The highest BCUT2D eigenvalue weighted by Gasteiger charge is 2.34. The molecule has 0 spiro atoms. The Labute approximate surface area is 215 Å². The number of ether oxygens (including phenoxy) is 2. The Morgan fingerprint density at radius 1 is 1.09 bits per heavy atom. The smallest absolute Gasteiger partial charge is 0.191 e. The maximum Gasteiger partial charge on any atom is 0.191 e. The van der Waals surface area contributed by atoms with Crippen molar-refractivity contribution in [3.05, 3.63) is 35.9 Å². The van der Waals surface area contributed by atoms with Crippen molar-refractivity contribution in [3.8, 4) is 11.5 Å². The molecule has 0 amide bonds. The molecule has 184 valence electrons. The molecule has 2 aromatic rings. The van der Waals surface area contributed by atoms with Gasteiger partial charge in [0.25, 0.3) is 0 Å². The third-order valence-electron chi connectivity index (χ3n) is 6.35. The first kappa shape index (κ1) is 27.2. The number of methoxy groups -OCH3 is 2. The van der Waals surface area contributed by atoms with Crippen LogP contribution in [0.5, 0.6) is 11.5 Å². The summed E-state index contributed by atoms with van der Waals surface area (Å²) in [6, 6.07) is 6.33. The van der Waals surface area contributed by atoms with E-state index in [2.05, 4.69) is 51.4 Å². The zero-order chi connectivity index (χ0) is 22.8.